The molecule has 1 aliphatic heterocycles. The molecule has 2 unspecified atom stereocenters. The quantitative estimate of drug-likeness (QED) is 0.548. The average Bonchev–Trinajstić information content (AvgIpc) is 2.43. The Kier molecular flexibility index (Phi) is 6.87. The van der Waals surface area contributed by atoms with E-state index in [0.717, 1.165) is 6.42 Å². The summed E-state index contributed by atoms with van der Waals surface area (Å²) in [5.74, 6) is -1.40. The van der Waals surface area contributed by atoms with Gasteiger partial charge in [0.2, 0.25) is 0 Å². The first-order chi connectivity index (χ1) is 9.36. The van der Waals surface area contributed by atoms with Crippen LogP contribution >= 0.6 is 0 Å². The molecule has 8 heteroatoms. The minimum absolute atomic E-state index is 0.0394. The van der Waals surface area contributed by atoms with Gasteiger partial charge in [0.25, 0.3) is 10.2 Å². The lowest BCUT2D eigenvalue weighted by atomic mass is 10.0. The number of aliphatic hydroxyl groups excluding tert-OH is 1. The van der Waals surface area contributed by atoms with Crippen molar-refractivity contribution < 1.29 is 23.4 Å². The summed E-state index contributed by atoms with van der Waals surface area (Å²) < 4.78 is 27.8. The van der Waals surface area contributed by atoms with E-state index >= 15 is 0 Å². The third-order valence-corrected chi connectivity index (χ3v) is 5.12. The average molecular weight is 308 g/mol. The van der Waals surface area contributed by atoms with Crippen LogP contribution < -0.4 is 4.72 Å². The zero-order chi connectivity index (χ0) is 15.2. The molecule has 2 atom stereocenters. The zero-order valence-electron chi connectivity index (χ0n) is 11.8. The van der Waals surface area contributed by atoms with Gasteiger partial charge in [-0.25, -0.2) is 4.72 Å². The Morgan fingerprint density at radius 1 is 1.50 bits per heavy atom. The third-order valence-electron chi connectivity index (χ3n) is 3.54. The van der Waals surface area contributed by atoms with Gasteiger partial charge in [-0.05, 0) is 31.6 Å². The fourth-order valence-corrected chi connectivity index (χ4v) is 3.53. The zero-order valence-corrected chi connectivity index (χ0v) is 12.6. The molecule has 20 heavy (non-hydrogen) atoms. The number of piperidine rings is 1. The highest BCUT2D eigenvalue weighted by Crippen LogP contribution is 2.18. The number of carbonyl (C=O) groups is 1. The van der Waals surface area contributed by atoms with E-state index in [1.807, 2.05) is 6.92 Å². The number of hydrogen-bond acceptors (Lipinski definition) is 4. The predicted molar refractivity (Wildman–Crippen MR) is 74.3 cm³/mol. The van der Waals surface area contributed by atoms with Gasteiger partial charge in [0.15, 0.2) is 0 Å². The van der Waals surface area contributed by atoms with Gasteiger partial charge in [-0.3, -0.25) is 4.79 Å². The standard InChI is InChI=1S/C12H24N2O5S/c1-10(9-15)4-2-6-13-20(18,19)14-7-3-5-11(8-14)12(16)17/h10-11,13,15H,2-9H2,1H3,(H,16,17). The molecular weight excluding hydrogens is 284 g/mol. The van der Waals surface area contributed by atoms with E-state index in [1.54, 1.807) is 0 Å². The van der Waals surface area contributed by atoms with Crippen molar-refractivity contribution in [2.24, 2.45) is 11.8 Å². The molecular formula is C12H24N2O5S. The van der Waals surface area contributed by atoms with Gasteiger partial charge in [0, 0.05) is 26.2 Å². The van der Waals surface area contributed by atoms with Crippen LogP contribution in [0.2, 0.25) is 0 Å². The van der Waals surface area contributed by atoms with Crippen molar-refractivity contribution >= 4 is 16.2 Å². The SMILES string of the molecule is CC(CO)CCCNS(=O)(=O)N1CCCC(C(=O)O)C1. The molecule has 0 saturated carbocycles. The first-order valence-corrected chi connectivity index (χ1v) is 8.39. The molecule has 118 valence electrons. The third kappa shape index (κ3) is 5.35. The smallest absolute Gasteiger partial charge is 0.307 e. The summed E-state index contributed by atoms with van der Waals surface area (Å²) in [4.78, 5) is 10.9. The minimum Gasteiger partial charge on any atom is -0.481 e. The number of rotatable bonds is 8. The molecule has 1 saturated heterocycles. The summed E-state index contributed by atoms with van der Waals surface area (Å²) in [6.45, 7) is 2.71. The molecule has 0 radical (unpaired) electrons. The van der Waals surface area contributed by atoms with Gasteiger partial charge in [-0.1, -0.05) is 6.92 Å². The van der Waals surface area contributed by atoms with Crippen LogP contribution in [0.1, 0.15) is 32.6 Å². The molecule has 0 aliphatic carbocycles. The number of nitrogens with one attached hydrogen (secondary N) is 1. The van der Waals surface area contributed by atoms with E-state index in [1.165, 1.54) is 4.31 Å². The molecule has 1 fully saturated rings. The van der Waals surface area contributed by atoms with Gasteiger partial charge in [-0.2, -0.15) is 12.7 Å². The highest BCUT2D eigenvalue weighted by molar-refractivity contribution is 7.87. The van der Waals surface area contributed by atoms with E-state index in [9.17, 15) is 13.2 Å². The fraction of sp³-hybridized carbons (Fsp3) is 0.917. The monoisotopic (exact) mass is 308 g/mol. The van der Waals surface area contributed by atoms with Gasteiger partial charge in [0.05, 0.1) is 5.92 Å². The van der Waals surface area contributed by atoms with Crippen LogP contribution in [-0.2, 0) is 15.0 Å². The largest absolute Gasteiger partial charge is 0.481 e. The maximum absolute atomic E-state index is 12.0. The van der Waals surface area contributed by atoms with E-state index in [0.29, 0.717) is 32.4 Å². The molecule has 7 nitrogen and oxygen atoms in total. The summed E-state index contributed by atoms with van der Waals surface area (Å²) in [5, 5.41) is 17.8. The summed E-state index contributed by atoms with van der Waals surface area (Å²) in [6, 6.07) is 0. The maximum Gasteiger partial charge on any atom is 0.307 e. The highest BCUT2D eigenvalue weighted by Gasteiger charge is 2.31. The van der Waals surface area contributed by atoms with E-state index < -0.39 is 22.1 Å². The molecule has 0 aromatic carbocycles. The second-order valence-corrected chi connectivity index (χ2v) is 7.12. The first-order valence-electron chi connectivity index (χ1n) is 6.95. The Bertz CT molecular complexity index is 412. The highest BCUT2D eigenvalue weighted by atomic mass is 32.2. The summed E-state index contributed by atoms with van der Waals surface area (Å²) in [6.07, 6.45) is 2.49. The Hall–Kier alpha value is -0.700. The van der Waals surface area contributed by atoms with Crippen LogP contribution in [0, 0.1) is 11.8 Å². The molecule has 0 amide bonds. The van der Waals surface area contributed by atoms with Crippen molar-refractivity contribution in [2.45, 2.75) is 32.6 Å². The number of hydrogen-bond donors (Lipinski definition) is 3. The molecule has 1 heterocycles. The van der Waals surface area contributed by atoms with Crippen LogP contribution in [0.25, 0.3) is 0 Å². The molecule has 1 rings (SSSR count). The van der Waals surface area contributed by atoms with E-state index in [2.05, 4.69) is 4.72 Å². The lowest BCUT2D eigenvalue weighted by molar-refractivity contribution is -0.142. The van der Waals surface area contributed by atoms with Crippen molar-refractivity contribution in [2.75, 3.05) is 26.2 Å². The molecule has 0 bridgehead atoms. The van der Waals surface area contributed by atoms with Crippen molar-refractivity contribution in [3.63, 3.8) is 0 Å². The van der Waals surface area contributed by atoms with Crippen LogP contribution in [0.4, 0.5) is 0 Å². The van der Waals surface area contributed by atoms with Gasteiger partial charge in [-0.15, -0.1) is 0 Å². The van der Waals surface area contributed by atoms with E-state index in [-0.39, 0.29) is 19.1 Å². The molecule has 3 N–H and O–H groups in total. The lowest BCUT2D eigenvalue weighted by Gasteiger charge is -2.29. The number of carboxylic acid groups (broad SMARTS) is 1. The Morgan fingerprint density at radius 2 is 2.20 bits per heavy atom. The molecule has 1 aliphatic rings. The summed E-state index contributed by atoms with van der Waals surface area (Å²) in [7, 11) is -3.60. The van der Waals surface area contributed by atoms with Crippen LogP contribution in [0.3, 0.4) is 0 Å². The maximum atomic E-state index is 12.0. The second-order valence-electron chi connectivity index (χ2n) is 5.36. The molecule has 0 aromatic rings. The summed E-state index contributed by atoms with van der Waals surface area (Å²) in [5.41, 5.74) is 0. The van der Waals surface area contributed by atoms with Crippen molar-refractivity contribution in [3.8, 4) is 0 Å². The minimum atomic E-state index is -3.60. The topological polar surface area (TPSA) is 107 Å². The van der Waals surface area contributed by atoms with Gasteiger partial charge < -0.3 is 10.2 Å². The first kappa shape index (κ1) is 17.4. The van der Waals surface area contributed by atoms with Crippen LogP contribution in [0.5, 0.6) is 0 Å². The van der Waals surface area contributed by atoms with Crippen LogP contribution in [-0.4, -0.2) is 55.1 Å². The molecule has 0 spiro atoms. The normalized spacial score (nSPS) is 22.6. The van der Waals surface area contributed by atoms with Crippen molar-refractivity contribution in [1.82, 2.24) is 9.03 Å². The predicted octanol–water partition coefficient (Wildman–Crippen LogP) is 0.0260. The lowest BCUT2D eigenvalue weighted by Crippen LogP contribution is -2.47. The number of nitrogens with zero attached hydrogens (tertiary/aromatic N) is 1. The number of aliphatic hydroxyl groups is 1. The number of carboxylic acids is 1. The van der Waals surface area contributed by atoms with Gasteiger partial charge in [0.1, 0.15) is 0 Å². The Morgan fingerprint density at radius 3 is 2.80 bits per heavy atom. The second kappa shape index (κ2) is 7.92. The Balaban J connectivity index is 2.41. The van der Waals surface area contributed by atoms with Gasteiger partial charge >= 0.3 is 5.97 Å². The van der Waals surface area contributed by atoms with Crippen molar-refractivity contribution in [1.29, 1.82) is 0 Å². The number of aliphatic carboxylic acids is 1. The van der Waals surface area contributed by atoms with Crippen molar-refractivity contribution in [3.05, 3.63) is 0 Å². The Labute approximate surface area is 120 Å². The van der Waals surface area contributed by atoms with E-state index in [4.69, 9.17) is 10.2 Å². The van der Waals surface area contributed by atoms with Crippen LogP contribution in [0.15, 0.2) is 0 Å². The molecule has 0 aromatic heterocycles. The summed E-state index contributed by atoms with van der Waals surface area (Å²) >= 11 is 0. The fourth-order valence-electron chi connectivity index (χ4n) is 2.20.